The number of hydrogen-bond acceptors (Lipinski definition) is 3. The second-order valence-electron chi connectivity index (χ2n) is 4.01. The van der Waals surface area contributed by atoms with E-state index in [2.05, 4.69) is 27.8 Å². The summed E-state index contributed by atoms with van der Waals surface area (Å²) in [6.45, 7) is 2.15. The standard InChI is InChI=1S/C11H12BrNO2/c1-7-4-8(5-7)11(14)15-9-2-3-13-10(12)6-9/h2-3,6-8H,4-5H2,1H3. The molecule has 1 aromatic heterocycles. The Balaban J connectivity index is 1.94. The second kappa shape index (κ2) is 4.31. The number of nitrogens with zero attached hydrogens (tertiary/aromatic N) is 1. The molecule has 1 saturated carbocycles. The van der Waals surface area contributed by atoms with Gasteiger partial charge in [0.1, 0.15) is 10.4 Å². The molecule has 0 amide bonds. The molecule has 0 aromatic carbocycles. The maximum atomic E-state index is 11.6. The molecule has 0 bridgehead atoms. The van der Waals surface area contributed by atoms with E-state index < -0.39 is 0 Å². The summed E-state index contributed by atoms with van der Waals surface area (Å²) in [7, 11) is 0. The van der Waals surface area contributed by atoms with Crippen LogP contribution in [0.25, 0.3) is 0 Å². The average molecular weight is 270 g/mol. The van der Waals surface area contributed by atoms with Crippen molar-refractivity contribution in [3.8, 4) is 5.75 Å². The van der Waals surface area contributed by atoms with Gasteiger partial charge in [-0.1, -0.05) is 6.92 Å². The summed E-state index contributed by atoms with van der Waals surface area (Å²) < 4.78 is 5.91. The fourth-order valence-electron chi connectivity index (χ4n) is 1.74. The lowest BCUT2D eigenvalue weighted by Crippen LogP contribution is -2.31. The van der Waals surface area contributed by atoms with Crippen molar-refractivity contribution in [3.05, 3.63) is 22.9 Å². The topological polar surface area (TPSA) is 39.2 Å². The molecule has 1 aliphatic rings. The highest BCUT2D eigenvalue weighted by atomic mass is 79.9. The number of ether oxygens (including phenoxy) is 1. The van der Waals surface area contributed by atoms with Crippen LogP contribution >= 0.6 is 15.9 Å². The SMILES string of the molecule is CC1CC(C(=O)Oc2ccnc(Br)c2)C1. The Morgan fingerprint density at radius 3 is 2.93 bits per heavy atom. The quantitative estimate of drug-likeness (QED) is 0.612. The number of halogens is 1. The number of esters is 1. The third-order valence-corrected chi connectivity index (χ3v) is 3.06. The van der Waals surface area contributed by atoms with Gasteiger partial charge in [0.25, 0.3) is 0 Å². The number of hydrogen-bond donors (Lipinski definition) is 0. The van der Waals surface area contributed by atoms with Crippen LogP contribution in [-0.2, 0) is 4.79 Å². The molecular formula is C11H12BrNO2. The van der Waals surface area contributed by atoms with Gasteiger partial charge in [-0.05, 0) is 40.8 Å². The molecule has 2 rings (SSSR count). The van der Waals surface area contributed by atoms with E-state index in [1.807, 2.05) is 0 Å². The summed E-state index contributed by atoms with van der Waals surface area (Å²) in [4.78, 5) is 15.6. The first-order chi connectivity index (χ1) is 7.15. The zero-order chi connectivity index (χ0) is 10.8. The van der Waals surface area contributed by atoms with E-state index in [-0.39, 0.29) is 11.9 Å². The molecule has 1 fully saturated rings. The van der Waals surface area contributed by atoms with Crippen molar-refractivity contribution in [2.24, 2.45) is 11.8 Å². The number of carbonyl (C=O) groups is 1. The maximum absolute atomic E-state index is 11.6. The lowest BCUT2D eigenvalue weighted by atomic mass is 9.76. The first-order valence-electron chi connectivity index (χ1n) is 4.98. The average Bonchev–Trinajstić information content (AvgIpc) is 2.13. The molecule has 1 heterocycles. The van der Waals surface area contributed by atoms with Gasteiger partial charge in [0.05, 0.1) is 5.92 Å². The smallest absolute Gasteiger partial charge is 0.314 e. The van der Waals surface area contributed by atoms with E-state index in [1.165, 1.54) is 0 Å². The van der Waals surface area contributed by atoms with Crippen molar-refractivity contribution >= 4 is 21.9 Å². The summed E-state index contributed by atoms with van der Waals surface area (Å²) >= 11 is 3.23. The molecule has 80 valence electrons. The molecule has 0 aliphatic heterocycles. The Morgan fingerprint density at radius 2 is 2.33 bits per heavy atom. The number of pyridine rings is 1. The van der Waals surface area contributed by atoms with Crippen molar-refractivity contribution in [2.45, 2.75) is 19.8 Å². The maximum Gasteiger partial charge on any atom is 0.314 e. The molecular weight excluding hydrogens is 258 g/mol. The first-order valence-corrected chi connectivity index (χ1v) is 5.77. The van der Waals surface area contributed by atoms with Crippen LogP contribution in [0.3, 0.4) is 0 Å². The fraction of sp³-hybridized carbons (Fsp3) is 0.455. The molecule has 0 saturated heterocycles. The second-order valence-corrected chi connectivity index (χ2v) is 4.82. The van der Waals surface area contributed by atoms with Gasteiger partial charge in [0, 0.05) is 12.3 Å². The lowest BCUT2D eigenvalue weighted by molar-refractivity contribution is -0.143. The summed E-state index contributed by atoms with van der Waals surface area (Å²) in [5.74, 6) is 1.19. The molecule has 0 N–H and O–H groups in total. The van der Waals surface area contributed by atoms with Crippen LogP contribution in [0.15, 0.2) is 22.9 Å². The summed E-state index contributed by atoms with van der Waals surface area (Å²) in [6, 6.07) is 3.38. The molecule has 0 radical (unpaired) electrons. The van der Waals surface area contributed by atoms with Crippen LogP contribution in [-0.4, -0.2) is 11.0 Å². The van der Waals surface area contributed by atoms with Gasteiger partial charge in [-0.15, -0.1) is 0 Å². The Labute approximate surface area is 97.0 Å². The van der Waals surface area contributed by atoms with Crippen molar-refractivity contribution < 1.29 is 9.53 Å². The molecule has 1 aromatic rings. The summed E-state index contributed by atoms with van der Waals surface area (Å²) in [6.07, 6.45) is 3.51. The van der Waals surface area contributed by atoms with Gasteiger partial charge in [-0.25, -0.2) is 4.98 Å². The largest absolute Gasteiger partial charge is 0.426 e. The van der Waals surface area contributed by atoms with Crippen LogP contribution in [0, 0.1) is 11.8 Å². The van der Waals surface area contributed by atoms with Crippen LogP contribution in [0.5, 0.6) is 5.75 Å². The predicted octanol–water partition coefficient (Wildman–Crippen LogP) is 2.80. The molecule has 4 heteroatoms. The zero-order valence-electron chi connectivity index (χ0n) is 8.44. The normalized spacial score (nSPS) is 24.4. The van der Waals surface area contributed by atoms with Gasteiger partial charge >= 0.3 is 5.97 Å². The number of rotatable bonds is 2. The third kappa shape index (κ3) is 2.56. The third-order valence-electron chi connectivity index (χ3n) is 2.62. The zero-order valence-corrected chi connectivity index (χ0v) is 10.0. The fourth-order valence-corrected chi connectivity index (χ4v) is 2.09. The van der Waals surface area contributed by atoms with E-state index in [0.717, 1.165) is 12.8 Å². The Morgan fingerprint density at radius 1 is 1.60 bits per heavy atom. The van der Waals surface area contributed by atoms with E-state index in [1.54, 1.807) is 18.3 Å². The highest BCUT2D eigenvalue weighted by Gasteiger charge is 2.32. The number of aromatic nitrogens is 1. The summed E-state index contributed by atoms with van der Waals surface area (Å²) in [5, 5.41) is 0. The molecule has 3 nitrogen and oxygen atoms in total. The first kappa shape index (κ1) is 10.6. The van der Waals surface area contributed by atoms with E-state index in [9.17, 15) is 4.79 Å². The highest BCUT2D eigenvalue weighted by Crippen LogP contribution is 2.34. The lowest BCUT2D eigenvalue weighted by Gasteiger charge is -2.30. The van der Waals surface area contributed by atoms with Crippen molar-refractivity contribution in [1.29, 1.82) is 0 Å². The van der Waals surface area contributed by atoms with Gasteiger partial charge in [0.2, 0.25) is 0 Å². The minimum atomic E-state index is -0.119. The van der Waals surface area contributed by atoms with E-state index in [0.29, 0.717) is 16.3 Å². The molecule has 15 heavy (non-hydrogen) atoms. The molecule has 0 atom stereocenters. The van der Waals surface area contributed by atoms with Gasteiger partial charge in [0.15, 0.2) is 0 Å². The van der Waals surface area contributed by atoms with Crippen LogP contribution in [0.4, 0.5) is 0 Å². The van der Waals surface area contributed by atoms with Crippen molar-refractivity contribution in [3.63, 3.8) is 0 Å². The van der Waals surface area contributed by atoms with Crippen LogP contribution in [0.2, 0.25) is 0 Å². The van der Waals surface area contributed by atoms with Crippen LogP contribution in [0.1, 0.15) is 19.8 Å². The van der Waals surface area contributed by atoms with Crippen molar-refractivity contribution in [1.82, 2.24) is 4.98 Å². The van der Waals surface area contributed by atoms with E-state index >= 15 is 0 Å². The van der Waals surface area contributed by atoms with Gasteiger partial charge in [-0.2, -0.15) is 0 Å². The monoisotopic (exact) mass is 269 g/mol. The van der Waals surface area contributed by atoms with Crippen LogP contribution < -0.4 is 4.74 Å². The Hall–Kier alpha value is -0.900. The highest BCUT2D eigenvalue weighted by molar-refractivity contribution is 9.10. The Bertz CT molecular complexity index is 375. The molecule has 0 spiro atoms. The molecule has 0 unspecified atom stereocenters. The minimum Gasteiger partial charge on any atom is -0.426 e. The predicted molar refractivity (Wildman–Crippen MR) is 59.5 cm³/mol. The van der Waals surface area contributed by atoms with Gasteiger partial charge < -0.3 is 4.74 Å². The van der Waals surface area contributed by atoms with Crippen molar-refractivity contribution in [2.75, 3.05) is 0 Å². The summed E-state index contributed by atoms with van der Waals surface area (Å²) in [5.41, 5.74) is 0. The van der Waals surface area contributed by atoms with Gasteiger partial charge in [-0.3, -0.25) is 4.79 Å². The minimum absolute atomic E-state index is 0.0898. The number of carbonyl (C=O) groups excluding carboxylic acids is 1. The Kier molecular flexibility index (Phi) is 3.05. The van der Waals surface area contributed by atoms with E-state index in [4.69, 9.17) is 4.74 Å². The molecule has 1 aliphatic carbocycles.